The van der Waals surface area contributed by atoms with Crippen LogP contribution in [0.15, 0.2) is 36.1 Å². The number of benzene rings is 2. The van der Waals surface area contributed by atoms with Crippen LogP contribution in [-0.2, 0) is 11.3 Å². The van der Waals surface area contributed by atoms with Crippen molar-refractivity contribution in [3.8, 4) is 11.5 Å². The lowest BCUT2D eigenvalue weighted by molar-refractivity contribution is -0.384. The summed E-state index contributed by atoms with van der Waals surface area (Å²) in [5.41, 5.74) is 2.03. The first kappa shape index (κ1) is 19.1. The van der Waals surface area contributed by atoms with E-state index >= 15 is 0 Å². The topological polar surface area (TPSA) is 102 Å². The molecule has 8 nitrogen and oxygen atoms in total. The molecule has 2 heterocycles. The first-order valence-corrected chi connectivity index (χ1v) is 9.28. The van der Waals surface area contributed by atoms with E-state index in [1.165, 1.54) is 18.2 Å². The summed E-state index contributed by atoms with van der Waals surface area (Å²) in [4.78, 5) is 25.6. The number of ether oxygens (including phenoxy) is 2. The van der Waals surface area contributed by atoms with Crippen molar-refractivity contribution in [2.24, 2.45) is 0 Å². The third-order valence-corrected chi connectivity index (χ3v) is 5.08. The van der Waals surface area contributed by atoms with Crippen LogP contribution in [-0.4, -0.2) is 47.0 Å². The largest absolute Gasteiger partial charge is 0.507 e. The molecule has 2 aliphatic rings. The highest BCUT2D eigenvalue weighted by atomic mass is 16.6. The average Bonchev–Trinajstić information content (AvgIpc) is 3.02. The third kappa shape index (κ3) is 3.72. The average molecular weight is 396 g/mol. The molecule has 0 spiro atoms. The number of carbonyl (C=O) groups is 1. The van der Waals surface area contributed by atoms with Crippen molar-refractivity contribution < 1.29 is 24.3 Å². The number of hydrogen-bond donors (Lipinski definition) is 1. The molecule has 0 atom stereocenters. The smallest absolute Gasteiger partial charge is 0.270 e. The molecule has 0 unspecified atom stereocenters. The van der Waals surface area contributed by atoms with Crippen LogP contribution in [0.3, 0.4) is 0 Å². The van der Waals surface area contributed by atoms with Crippen molar-refractivity contribution in [1.82, 2.24) is 4.90 Å². The lowest BCUT2D eigenvalue weighted by Crippen LogP contribution is -2.35. The minimum Gasteiger partial charge on any atom is -0.507 e. The minimum atomic E-state index is -0.489. The van der Waals surface area contributed by atoms with Crippen LogP contribution in [0, 0.1) is 17.0 Å². The summed E-state index contributed by atoms with van der Waals surface area (Å²) in [6.07, 6.45) is 1.49. The highest BCUT2D eigenvalue weighted by Crippen LogP contribution is 2.42. The monoisotopic (exact) mass is 396 g/mol. The van der Waals surface area contributed by atoms with Crippen molar-refractivity contribution in [1.29, 1.82) is 0 Å². The number of carbonyl (C=O) groups excluding carboxylic acids is 1. The van der Waals surface area contributed by atoms with Gasteiger partial charge in [0.15, 0.2) is 5.76 Å². The Labute approximate surface area is 167 Å². The Morgan fingerprint density at radius 1 is 1.28 bits per heavy atom. The fourth-order valence-electron chi connectivity index (χ4n) is 3.60. The van der Waals surface area contributed by atoms with Crippen LogP contribution < -0.4 is 4.74 Å². The van der Waals surface area contributed by atoms with Crippen LogP contribution in [0.2, 0.25) is 0 Å². The molecule has 2 aliphatic heterocycles. The Morgan fingerprint density at radius 2 is 2.03 bits per heavy atom. The number of morpholine rings is 1. The maximum atomic E-state index is 13.0. The van der Waals surface area contributed by atoms with Crippen LogP contribution in [0.4, 0.5) is 5.69 Å². The Morgan fingerprint density at radius 3 is 2.76 bits per heavy atom. The van der Waals surface area contributed by atoms with Crippen molar-refractivity contribution in [2.45, 2.75) is 13.5 Å². The molecule has 1 N–H and O–H groups in total. The molecule has 8 heteroatoms. The molecule has 1 saturated heterocycles. The number of aryl methyl sites for hydroxylation is 1. The van der Waals surface area contributed by atoms with Gasteiger partial charge in [0.25, 0.3) is 5.69 Å². The molecule has 2 aromatic carbocycles. The predicted octanol–water partition coefficient (Wildman–Crippen LogP) is 3.06. The number of phenolic OH excluding ortho intramolecular Hbond substituents is 1. The van der Waals surface area contributed by atoms with Crippen LogP contribution in [0.5, 0.6) is 11.5 Å². The van der Waals surface area contributed by atoms with Crippen molar-refractivity contribution in [2.75, 3.05) is 26.3 Å². The summed E-state index contributed by atoms with van der Waals surface area (Å²) in [6, 6.07) is 7.56. The molecule has 2 aromatic rings. The summed E-state index contributed by atoms with van der Waals surface area (Å²) >= 11 is 0. The predicted molar refractivity (Wildman–Crippen MR) is 105 cm³/mol. The molecule has 0 aliphatic carbocycles. The molecule has 1 fully saturated rings. The summed E-state index contributed by atoms with van der Waals surface area (Å²) < 4.78 is 11.2. The number of aromatic hydroxyl groups is 1. The maximum absolute atomic E-state index is 13.0. The number of hydrogen-bond acceptors (Lipinski definition) is 7. The van der Waals surface area contributed by atoms with Gasteiger partial charge in [-0.05, 0) is 30.2 Å². The number of nitrogens with zero attached hydrogens (tertiary/aromatic N) is 2. The number of non-ortho nitro benzene ring substituents is 1. The van der Waals surface area contributed by atoms with E-state index in [2.05, 4.69) is 4.90 Å². The zero-order valence-corrected chi connectivity index (χ0v) is 15.9. The molecule has 0 radical (unpaired) electrons. The number of nitro benzene ring substituents is 1. The quantitative estimate of drug-likeness (QED) is 0.481. The molecule has 0 aromatic heterocycles. The molecule has 0 saturated carbocycles. The molecular weight excluding hydrogens is 376 g/mol. The second-order valence-corrected chi connectivity index (χ2v) is 7.08. The van der Waals surface area contributed by atoms with E-state index in [4.69, 9.17) is 9.47 Å². The zero-order chi connectivity index (χ0) is 20.5. The second kappa shape index (κ2) is 7.65. The first-order chi connectivity index (χ1) is 13.9. The summed E-state index contributed by atoms with van der Waals surface area (Å²) in [6.45, 7) is 4.88. The van der Waals surface area contributed by atoms with Crippen molar-refractivity contribution in [3.63, 3.8) is 0 Å². The van der Waals surface area contributed by atoms with Crippen molar-refractivity contribution >= 4 is 17.5 Å². The van der Waals surface area contributed by atoms with E-state index in [-0.39, 0.29) is 23.0 Å². The Balaban J connectivity index is 1.70. The highest BCUT2D eigenvalue weighted by Gasteiger charge is 2.34. The lowest BCUT2D eigenvalue weighted by atomic mass is 9.99. The van der Waals surface area contributed by atoms with Crippen LogP contribution in [0.1, 0.15) is 27.0 Å². The second-order valence-electron chi connectivity index (χ2n) is 7.08. The first-order valence-electron chi connectivity index (χ1n) is 9.28. The Kier molecular flexibility index (Phi) is 5.04. The van der Waals surface area contributed by atoms with E-state index < -0.39 is 4.92 Å². The summed E-state index contributed by atoms with van der Waals surface area (Å²) in [5.74, 6) is 0.220. The molecule has 0 amide bonds. The van der Waals surface area contributed by atoms with Gasteiger partial charge in [-0.1, -0.05) is 12.1 Å². The van der Waals surface area contributed by atoms with E-state index in [1.807, 2.05) is 0 Å². The standard InChI is InChI=1S/C21H20N2O6/c1-13-9-17(24)16(12-22-5-7-28-8-6-22)21-19(13)20(25)18(29-21)11-14-3-2-4-15(10-14)23(26)27/h2-4,9-11,24H,5-8,12H2,1H3/b18-11-. The number of rotatable bonds is 4. The van der Waals surface area contributed by atoms with Gasteiger partial charge < -0.3 is 14.6 Å². The van der Waals surface area contributed by atoms with E-state index in [0.717, 1.165) is 13.1 Å². The van der Waals surface area contributed by atoms with Gasteiger partial charge in [-0.2, -0.15) is 0 Å². The molecule has 0 bridgehead atoms. The van der Waals surface area contributed by atoms with Gasteiger partial charge in [-0.3, -0.25) is 19.8 Å². The van der Waals surface area contributed by atoms with Crippen LogP contribution in [0.25, 0.3) is 6.08 Å². The van der Waals surface area contributed by atoms with Gasteiger partial charge in [-0.25, -0.2) is 0 Å². The van der Waals surface area contributed by atoms with Gasteiger partial charge in [0.2, 0.25) is 5.78 Å². The van der Waals surface area contributed by atoms with Gasteiger partial charge in [-0.15, -0.1) is 0 Å². The van der Waals surface area contributed by atoms with Gasteiger partial charge >= 0.3 is 0 Å². The van der Waals surface area contributed by atoms with Gasteiger partial charge in [0, 0.05) is 31.8 Å². The molecule has 4 rings (SSSR count). The normalized spacial score (nSPS) is 18.0. The van der Waals surface area contributed by atoms with Gasteiger partial charge in [0.05, 0.1) is 29.3 Å². The number of fused-ring (bicyclic) bond motifs is 1. The van der Waals surface area contributed by atoms with E-state index in [0.29, 0.717) is 47.8 Å². The lowest BCUT2D eigenvalue weighted by Gasteiger charge is -2.27. The Hall–Kier alpha value is -3.23. The number of Topliss-reactive ketones (excluding diaryl/α,β-unsaturated/α-hetero) is 1. The van der Waals surface area contributed by atoms with E-state index in [1.54, 1.807) is 25.1 Å². The van der Waals surface area contributed by atoms with Crippen molar-refractivity contribution in [3.05, 3.63) is 68.5 Å². The number of nitro groups is 1. The molecular formula is C21H20N2O6. The fraction of sp³-hybridized carbons (Fsp3) is 0.286. The minimum absolute atomic E-state index is 0.0656. The number of phenols is 1. The van der Waals surface area contributed by atoms with Gasteiger partial charge in [0.1, 0.15) is 11.5 Å². The number of allylic oxidation sites excluding steroid dienone is 1. The fourth-order valence-corrected chi connectivity index (χ4v) is 3.60. The Bertz CT molecular complexity index is 1020. The molecule has 150 valence electrons. The molecule has 29 heavy (non-hydrogen) atoms. The SMILES string of the molecule is Cc1cc(O)c(CN2CCOCC2)c2c1C(=O)/C(=C/c1cccc([N+](=O)[O-])c1)O2. The summed E-state index contributed by atoms with van der Waals surface area (Å²) in [5, 5.41) is 21.5. The van der Waals surface area contributed by atoms with Crippen LogP contribution >= 0.6 is 0 Å². The number of ketones is 1. The summed E-state index contributed by atoms with van der Waals surface area (Å²) in [7, 11) is 0. The zero-order valence-electron chi connectivity index (χ0n) is 15.9. The van der Waals surface area contributed by atoms with E-state index in [9.17, 15) is 20.0 Å². The third-order valence-electron chi connectivity index (χ3n) is 5.08. The highest BCUT2D eigenvalue weighted by molar-refractivity contribution is 6.15. The maximum Gasteiger partial charge on any atom is 0.270 e.